The average molecular weight is 222 g/mol. The molecule has 88 valence electrons. The molecule has 0 saturated carbocycles. The van der Waals surface area contributed by atoms with Gasteiger partial charge in [0.25, 0.3) is 0 Å². The maximum atomic E-state index is 10.4. The van der Waals surface area contributed by atoms with Gasteiger partial charge < -0.3 is 15.1 Å². The van der Waals surface area contributed by atoms with Crippen molar-refractivity contribution in [2.75, 3.05) is 20.1 Å². The fourth-order valence-electron chi connectivity index (χ4n) is 2.14. The molecule has 4 heteroatoms. The second-order valence-electron chi connectivity index (χ2n) is 4.59. The van der Waals surface area contributed by atoms with Gasteiger partial charge in [-0.1, -0.05) is 0 Å². The molecular weight excluding hydrogens is 204 g/mol. The molecule has 2 heterocycles. The standard InChI is InChI=1S/C12H18N2O2/c1-14-8-4-12(16,5-9-14)11(15)10-2-6-13-7-3-10/h2-3,6-7,11,15-16H,4-5,8-9H2,1H3. The predicted octanol–water partition coefficient (Wildman–Crippen LogP) is 0.572. The molecule has 1 saturated heterocycles. The summed E-state index contributed by atoms with van der Waals surface area (Å²) in [6.07, 6.45) is 3.66. The van der Waals surface area contributed by atoms with Crippen LogP contribution in [0.5, 0.6) is 0 Å². The molecule has 0 radical (unpaired) electrons. The molecule has 1 aromatic rings. The fourth-order valence-corrected chi connectivity index (χ4v) is 2.14. The van der Waals surface area contributed by atoms with Crippen molar-refractivity contribution < 1.29 is 10.2 Å². The lowest BCUT2D eigenvalue weighted by molar-refractivity contribution is -0.108. The number of aromatic nitrogens is 1. The molecule has 0 aliphatic carbocycles. The highest BCUT2D eigenvalue weighted by atomic mass is 16.3. The molecule has 1 aromatic heterocycles. The van der Waals surface area contributed by atoms with Crippen LogP contribution in [-0.2, 0) is 0 Å². The van der Waals surface area contributed by atoms with Gasteiger partial charge in [0.05, 0.1) is 5.60 Å². The molecule has 0 bridgehead atoms. The van der Waals surface area contributed by atoms with Crippen LogP contribution in [0.2, 0.25) is 0 Å². The quantitative estimate of drug-likeness (QED) is 0.768. The Morgan fingerprint density at radius 2 is 1.88 bits per heavy atom. The molecule has 2 N–H and O–H groups in total. The summed E-state index contributed by atoms with van der Waals surface area (Å²) in [7, 11) is 2.03. The number of rotatable bonds is 2. The molecule has 0 amide bonds. The number of aliphatic hydroxyl groups excluding tert-OH is 1. The summed E-state index contributed by atoms with van der Waals surface area (Å²) in [5.74, 6) is 0. The number of hydrogen-bond donors (Lipinski definition) is 2. The first kappa shape index (κ1) is 11.5. The Labute approximate surface area is 95.5 Å². The van der Waals surface area contributed by atoms with Crippen LogP contribution in [0.3, 0.4) is 0 Å². The van der Waals surface area contributed by atoms with Gasteiger partial charge in [0, 0.05) is 25.5 Å². The number of likely N-dealkylation sites (tertiary alicyclic amines) is 1. The van der Waals surface area contributed by atoms with E-state index in [1.54, 1.807) is 24.5 Å². The molecule has 16 heavy (non-hydrogen) atoms. The Hall–Kier alpha value is -0.970. The maximum Gasteiger partial charge on any atom is 0.108 e. The minimum atomic E-state index is -0.992. The second kappa shape index (κ2) is 4.49. The molecule has 1 atom stereocenters. The van der Waals surface area contributed by atoms with Gasteiger partial charge in [-0.15, -0.1) is 0 Å². The summed E-state index contributed by atoms with van der Waals surface area (Å²) < 4.78 is 0. The lowest BCUT2D eigenvalue weighted by Crippen LogP contribution is -2.46. The van der Waals surface area contributed by atoms with Crippen molar-refractivity contribution >= 4 is 0 Å². The molecule has 0 spiro atoms. The number of nitrogens with zero attached hydrogens (tertiary/aromatic N) is 2. The van der Waals surface area contributed by atoms with E-state index in [0.29, 0.717) is 12.8 Å². The van der Waals surface area contributed by atoms with Gasteiger partial charge in [0.15, 0.2) is 0 Å². The molecule has 1 aliphatic heterocycles. The first-order valence-electron chi connectivity index (χ1n) is 5.61. The molecule has 0 aromatic carbocycles. The highest BCUT2D eigenvalue weighted by Crippen LogP contribution is 2.34. The normalized spacial score (nSPS) is 22.9. The van der Waals surface area contributed by atoms with Crippen molar-refractivity contribution in [3.8, 4) is 0 Å². The van der Waals surface area contributed by atoms with Gasteiger partial charge in [-0.25, -0.2) is 0 Å². The number of aliphatic hydroxyl groups is 2. The SMILES string of the molecule is CN1CCC(O)(C(O)c2ccncc2)CC1. The van der Waals surface area contributed by atoms with Gasteiger partial charge in [0.2, 0.25) is 0 Å². The molecule has 2 rings (SSSR count). The average Bonchev–Trinajstić information content (AvgIpc) is 2.33. The van der Waals surface area contributed by atoms with Crippen molar-refractivity contribution in [3.63, 3.8) is 0 Å². The number of piperidine rings is 1. The highest BCUT2D eigenvalue weighted by Gasteiger charge is 2.38. The predicted molar refractivity (Wildman–Crippen MR) is 60.9 cm³/mol. The largest absolute Gasteiger partial charge is 0.387 e. The van der Waals surface area contributed by atoms with Crippen molar-refractivity contribution in [1.29, 1.82) is 0 Å². The third-order valence-corrected chi connectivity index (χ3v) is 3.38. The van der Waals surface area contributed by atoms with E-state index in [2.05, 4.69) is 9.88 Å². The first-order valence-corrected chi connectivity index (χ1v) is 5.61. The van der Waals surface area contributed by atoms with Gasteiger partial charge in [-0.3, -0.25) is 4.98 Å². The summed E-state index contributed by atoms with van der Waals surface area (Å²) in [5, 5.41) is 20.6. The zero-order valence-electron chi connectivity index (χ0n) is 9.50. The summed E-state index contributed by atoms with van der Waals surface area (Å²) in [6, 6.07) is 3.50. The van der Waals surface area contributed by atoms with Gasteiger partial charge in [-0.2, -0.15) is 0 Å². The molecule has 1 aliphatic rings. The van der Waals surface area contributed by atoms with Crippen LogP contribution in [0.1, 0.15) is 24.5 Å². The highest BCUT2D eigenvalue weighted by molar-refractivity contribution is 5.17. The first-order chi connectivity index (χ1) is 7.62. The van der Waals surface area contributed by atoms with Crippen molar-refractivity contribution in [2.24, 2.45) is 0 Å². The Kier molecular flexibility index (Phi) is 3.23. The van der Waals surface area contributed by atoms with Gasteiger partial charge >= 0.3 is 0 Å². The maximum absolute atomic E-state index is 10.4. The van der Waals surface area contributed by atoms with Gasteiger partial charge in [0.1, 0.15) is 6.10 Å². The minimum absolute atomic E-state index is 0.604. The Balaban J connectivity index is 2.12. The van der Waals surface area contributed by atoms with E-state index in [1.165, 1.54) is 0 Å². The molecular formula is C12H18N2O2. The Bertz CT molecular complexity index is 334. The molecule has 1 fully saturated rings. The summed E-state index contributed by atoms with van der Waals surface area (Å²) in [4.78, 5) is 6.07. The lowest BCUT2D eigenvalue weighted by Gasteiger charge is -2.39. The van der Waals surface area contributed by atoms with Crippen molar-refractivity contribution in [1.82, 2.24) is 9.88 Å². The third kappa shape index (κ3) is 2.24. The third-order valence-electron chi connectivity index (χ3n) is 3.38. The van der Waals surface area contributed by atoms with E-state index < -0.39 is 11.7 Å². The fraction of sp³-hybridized carbons (Fsp3) is 0.583. The van der Waals surface area contributed by atoms with Crippen LogP contribution >= 0.6 is 0 Å². The second-order valence-corrected chi connectivity index (χ2v) is 4.59. The van der Waals surface area contributed by atoms with E-state index in [9.17, 15) is 10.2 Å². The topological polar surface area (TPSA) is 56.6 Å². The number of hydrogen-bond acceptors (Lipinski definition) is 4. The zero-order valence-corrected chi connectivity index (χ0v) is 9.50. The van der Waals surface area contributed by atoms with E-state index in [0.717, 1.165) is 18.7 Å². The smallest absolute Gasteiger partial charge is 0.108 e. The van der Waals surface area contributed by atoms with Crippen LogP contribution < -0.4 is 0 Å². The summed E-state index contributed by atoms with van der Waals surface area (Å²) in [5.41, 5.74) is -0.254. The van der Waals surface area contributed by atoms with Crippen LogP contribution in [0.15, 0.2) is 24.5 Å². The molecule has 1 unspecified atom stereocenters. The minimum Gasteiger partial charge on any atom is -0.387 e. The van der Waals surface area contributed by atoms with Crippen LogP contribution in [-0.4, -0.2) is 45.8 Å². The zero-order chi connectivity index (χ0) is 11.6. The van der Waals surface area contributed by atoms with E-state index in [4.69, 9.17) is 0 Å². The number of pyridine rings is 1. The summed E-state index contributed by atoms with van der Waals surface area (Å²) >= 11 is 0. The van der Waals surface area contributed by atoms with Crippen LogP contribution in [0, 0.1) is 0 Å². The van der Waals surface area contributed by atoms with Crippen molar-refractivity contribution in [2.45, 2.75) is 24.5 Å². The summed E-state index contributed by atoms with van der Waals surface area (Å²) in [6.45, 7) is 1.64. The Morgan fingerprint density at radius 1 is 1.31 bits per heavy atom. The molecule has 4 nitrogen and oxygen atoms in total. The van der Waals surface area contributed by atoms with E-state index in [-0.39, 0.29) is 0 Å². The lowest BCUT2D eigenvalue weighted by atomic mass is 9.83. The van der Waals surface area contributed by atoms with Crippen molar-refractivity contribution in [3.05, 3.63) is 30.1 Å². The monoisotopic (exact) mass is 222 g/mol. The Morgan fingerprint density at radius 3 is 2.44 bits per heavy atom. The van der Waals surface area contributed by atoms with Gasteiger partial charge in [-0.05, 0) is 37.6 Å². The van der Waals surface area contributed by atoms with Crippen LogP contribution in [0.4, 0.5) is 0 Å². The van der Waals surface area contributed by atoms with E-state index in [1.807, 2.05) is 7.05 Å². The van der Waals surface area contributed by atoms with E-state index >= 15 is 0 Å². The van der Waals surface area contributed by atoms with Crippen LogP contribution in [0.25, 0.3) is 0 Å².